The quantitative estimate of drug-likeness (QED) is 0.274. The molecule has 0 fully saturated rings. The lowest BCUT2D eigenvalue weighted by atomic mass is 10.0. The molecule has 0 atom stereocenters. The van der Waals surface area contributed by atoms with Crippen molar-refractivity contribution in [1.29, 1.82) is 0 Å². The fourth-order valence-electron chi connectivity index (χ4n) is 3.67. The maximum Gasteiger partial charge on any atom is 0.0484 e. The predicted octanol–water partition coefficient (Wildman–Crippen LogP) is 8.99. The highest BCUT2D eigenvalue weighted by atomic mass is 14.9. The lowest BCUT2D eigenvalue weighted by Gasteiger charge is -2.18. The largest absolute Gasteiger partial charge is 0.355 e. The van der Waals surface area contributed by atoms with Crippen molar-refractivity contribution in [3.8, 4) is 11.1 Å². The molecule has 0 spiro atoms. The highest BCUT2D eigenvalue weighted by Gasteiger charge is 2.10. The van der Waals surface area contributed by atoms with Gasteiger partial charge >= 0.3 is 0 Å². The van der Waals surface area contributed by atoms with Crippen LogP contribution in [0.4, 0.5) is 22.7 Å². The zero-order chi connectivity index (χ0) is 22.9. The Morgan fingerprint density at radius 2 is 1.36 bits per heavy atom. The summed E-state index contributed by atoms with van der Waals surface area (Å²) in [6.07, 6.45) is 8.06. The van der Waals surface area contributed by atoms with Crippen LogP contribution in [0.1, 0.15) is 12.5 Å². The van der Waals surface area contributed by atoms with Crippen LogP contribution in [-0.4, -0.2) is 0 Å². The highest BCUT2D eigenvalue weighted by molar-refractivity contribution is 5.88. The van der Waals surface area contributed by atoms with Crippen LogP contribution in [0.25, 0.3) is 16.7 Å². The molecule has 0 bridgehead atoms. The second kappa shape index (κ2) is 10.8. The summed E-state index contributed by atoms with van der Waals surface area (Å²) < 4.78 is 0. The number of hydrogen-bond acceptors (Lipinski definition) is 2. The van der Waals surface area contributed by atoms with E-state index in [1.54, 1.807) is 0 Å². The van der Waals surface area contributed by atoms with E-state index in [9.17, 15) is 0 Å². The van der Waals surface area contributed by atoms with Gasteiger partial charge in [-0.15, -0.1) is 0 Å². The van der Waals surface area contributed by atoms with Crippen LogP contribution in [0.2, 0.25) is 0 Å². The molecular formula is C31H28N2. The van der Waals surface area contributed by atoms with E-state index in [0.717, 1.165) is 45.0 Å². The number of allylic oxidation sites excluding steroid dienone is 5. The van der Waals surface area contributed by atoms with Gasteiger partial charge < -0.3 is 10.6 Å². The fourth-order valence-corrected chi connectivity index (χ4v) is 3.67. The molecule has 2 nitrogen and oxygen atoms in total. The molecule has 0 aliphatic rings. The molecule has 162 valence electrons. The molecular weight excluding hydrogens is 400 g/mol. The summed E-state index contributed by atoms with van der Waals surface area (Å²) in [4.78, 5) is 0. The number of benzene rings is 4. The standard InChI is InChI=1S/C31H28N2/c1-3-4-7-14-24(2)28-19-12-13-20-30(28)33-31-23-27(32-26-17-10-6-11-18-26)21-22-29(31)25-15-8-5-9-16-25/h3-23,32-33H,2H2,1H3/b4-3-,14-7-. The minimum atomic E-state index is 0.955. The van der Waals surface area contributed by atoms with Crippen LogP contribution in [0.15, 0.2) is 134 Å². The molecule has 0 saturated carbocycles. The Labute approximate surface area is 196 Å². The van der Waals surface area contributed by atoms with Crippen molar-refractivity contribution in [2.45, 2.75) is 6.92 Å². The van der Waals surface area contributed by atoms with Crippen molar-refractivity contribution in [3.63, 3.8) is 0 Å². The molecule has 2 N–H and O–H groups in total. The molecule has 4 aromatic carbocycles. The Hall–Kier alpha value is -4.30. The van der Waals surface area contributed by atoms with E-state index in [1.165, 1.54) is 0 Å². The molecule has 33 heavy (non-hydrogen) atoms. The van der Waals surface area contributed by atoms with E-state index < -0.39 is 0 Å². The maximum atomic E-state index is 4.28. The molecule has 0 aliphatic heterocycles. The Kier molecular flexibility index (Phi) is 7.19. The van der Waals surface area contributed by atoms with Gasteiger partial charge in [0.05, 0.1) is 0 Å². The molecule has 0 saturated heterocycles. The summed E-state index contributed by atoms with van der Waals surface area (Å²) in [5.74, 6) is 0. The molecule has 2 heteroatoms. The summed E-state index contributed by atoms with van der Waals surface area (Å²) >= 11 is 0. The van der Waals surface area contributed by atoms with E-state index in [1.807, 2.05) is 67.6 Å². The van der Waals surface area contributed by atoms with Gasteiger partial charge in [0.25, 0.3) is 0 Å². The number of para-hydroxylation sites is 2. The van der Waals surface area contributed by atoms with Crippen LogP contribution in [0.5, 0.6) is 0 Å². The fraction of sp³-hybridized carbons (Fsp3) is 0.0323. The first-order chi connectivity index (χ1) is 16.2. The van der Waals surface area contributed by atoms with Crippen LogP contribution in [-0.2, 0) is 0 Å². The van der Waals surface area contributed by atoms with Gasteiger partial charge in [-0.05, 0) is 48.4 Å². The Morgan fingerprint density at radius 3 is 2.12 bits per heavy atom. The highest BCUT2D eigenvalue weighted by Crippen LogP contribution is 2.35. The summed E-state index contributed by atoms with van der Waals surface area (Å²) in [6.45, 7) is 6.28. The number of rotatable bonds is 8. The van der Waals surface area contributed by atoms with Crippen LogP contribution in [0.3, 0.4) is 0 Å². The van der Waals surface area contributed by atoms with Crippen molar-refractivity contribution in [3.05, 3.63) is 140 Å². The topological polar surface area (TPSA) is 24.1 Å². The zero-order valence-corrected chi connectivity index (χ0v) is 18.8. The first-order valence-corrected chi connectivity index (χ1v) is 11.1. The molecule has 4 aromatic rings. The van der Waals surface area contributed by atoms with Crippen LogP contribution in [0, 0.1) is 0 Å². The van der Waals surface area contributed by atoms with Gasteiger partial charge in [-0.2, -0.15) is 0 Å². The molecule has 4 rings (SSSR count). The Morgan fingerprint density at radius 1 is 0.667 bits per heavy atom. The lowest BCUT2D eigenvalue weighted by Crippen LogP contribution is -1.99. The van der Waals surface area contributed by atoms with Gasteiger partial charge in [0.2, 0.25) is 0 Å². The average Bonchev–Trinajstić information content (AvgIpc) is 2.86. The van der Waals surface area contributed by atoms with Crippen LogP contribution < -0.4 is 10.6 Å². The van der Waals surface area contributed by atoms with E-state index in [4.69, 9.17) is 0 Å². The Bertz CT molecular complexity index is 1270. The number of anilines is 4. The van der Waals surface area contributed by atoms with E-state index in [2.05, 4.69) is 83.9 Å². The van der Waals surface area contributed by atoms with E-state index in [-0.39, 0.29) is 0 Å². The molecule has 0 amide bonds. The average molecular weight is 429 g/mol. The summed E-state index contributed by atoms with van der Waals surface area (Å²) in [7, 11) is 0. The smallest absolute Gasteiger partial charge is 0.0484 e. The zero-order valence-electron chi connectivity index (χ0n) is 18.8. The third-order valence-electron chi connectivity index (χ3n) is 5.31. The normalized spacial score (nSPS) is 11.1. The van der Waals surface area contributed by atoms with Gasteiger partial charge in [0.1, 0.15) is 0 Å². The summed E-state index contributed by atoms with van der Waals surface area (Å²) in [5, 5.41) is 7.19. The summed E-state index contributed by atoms with van der Waals surface area (Å²) in [5.41, 5.74) is 8.44. The predicted molar refractivity (Wildman–Crippen MR) is 144 cm³/mol. The van der Waals surface area contributed by atoms with Gasteiger partial charge in [0.15, 0.2) is 0 Å². The molecule has 0 unspecified atom stereocenters. The van der Waals surface area contributed by atoms with E-state index >= 15 is 0 Å². The third-order valence-corrected chi connectivity index (χ3v) is 5.31. The van der Waals surface area contributed by atoms with Crippen molar-refractivity contribution in [1.82, 2.24) is 0 Å². The monoisotopic (exact) mass is 428 g/mol. The van der Waals surface area contributed by atoms with Crippen molar-refractivity contribution < 1.29 is 0 Å². The maximum absolute atomic E-state index is 4.28. The second-order valence-electron chi connectivity index (χ2n) is 7.70. The first-order valence-electron chi connectivity index (χ1n) is 11.1. The molecule has 0 aromatic heterocycles. The summed E-state index contributed by atoms with van der Waals surface area (Å²) in [6, 6.07) is 35.4. The number of hydrogen-bond donors (Lipinski definition) is 2. The molecule has 0 aliphatic carbocycles. The van der Waals surface area contributed by atoms with Crippen molar-refractivity contribution in [2.75, 3.05) is 10.6 Å². The molecule has 0 radical (unpaired) electrons. The van der Waals surface area contributed by atoms with Gasteiger partial charge in [-0.3, -0.25) is 0 Å². The minimum absolute atomic E-state index is 0.955. The lowest BCUT2D eigenvalue weighted by molar-refractivity contribution is 1.49. The van der Waals surface area contributed by atoms with Crippen LogP contribution >= 0.6 is 0 Å². The second-order valence-corrected chi connectivity index (χ2v) is 7.70. The van der Waals surface area contributed by atoms with Crippen molar-refractivity contribution in [2.24, 2.45) is 0 Å². The van der Waals surface area contributed by atoms with Crippen molar-refractivity contribution >= 4 is 28.3 Å². The Balaban J connectivity index is 1.73. The SMILES string of the molecule is C=C(/C=C\C=C/C)c1ccccc1Nc1cc(Nc2ccccc2)ccc1-c1ccccc1. The first kappa shape index (κ1) is 21.9. The number of nitrogens with one attached hydrogen (secondary N) is 2. The third kappa shape index (κ3) is 5.69. The van der Waals surface area contributed by atoms with Gasteiger partial charge in [0, 0.05) is 33.9 Å². The minimum Gasteiger partial charge on any atom is -0.355 e. The van der Waals surface area contributed by atoms with E-state index in [0.29, 0.717) is 0 Å². The van der Waals surface area contributed by atoms with Gasteiger partial charge in [-0.1, -0.05) is 104 Å². The van der Waals surface area contributed by atoms with Gasteiger partial charge in [-0.25, -0.2) is 0 Å². The molecule has 0 heterocycles.